The van der Waals surface area contributed by atoms with E-state index in [4.69, 9.17) is 18.9 Å². The average molecular weight is 1480 g/mol. The Kier molecular flexibility index (Phi) is 70.3. The summed E-state index contributed by atoms with van der Waals surface area (Å²) in [4.78, 5) is 13.4. The number of allylic oxidation sites excluding steroid dienone is 3. The first-order valence-electron chi connectivity index (χ1n) is 45.6. The van der Waals surface area contributed by atoms with E-state index >= 15 is 0 Å². The van der Waals surface area contributed by atoms with Crippen LogP contribution in [0, 0.1) is 0 Å². The van der Waals surface area contributed by atoms with Gasteiger partial charge < -0.3 is 65.1 Å². The number of ether oxygens (including phenoxy) is 4. The van der Waals surface area contributed by atoms with E-state index in [0.29, 0.717) is 12.8 Å². The van der Waals surface area contributed by atoms with Crippen LogP contribution in [-0.4, -0.2) is 140 Å². The van der Waals surface area contributed by atoms with Crippen LogP contribution in [-0.2, 0) is 23.7 Å². The van der Waals surface area contributed by atoms with Crippen molar-refractivity contribution in [3.63, 3.8) is 0 Å². The average Bonchev–Trinajstić information content (AvgIpc) is 0.791. The van der Waals surface area contributed by atoms with Gasteiger partial charge in [-0.3, -0.25) is 4.79 Å². The lowest BCUT2D eigenvalue weighted by atomic mass is 9.97. The second kappa shape index (κ2) is 74.2. The molecule has 12 atom stereocenters. The number of amides is 1. The lowest BCUT2D eigenvalue weighted by molar-refractivity contribution is -0.359. The van der Waals surface area contributed by atoms with Gasteiger partial charge in [-0.15, -0.1) is 0 Å². The molecule has 2 rings (SSSR count). The predicted octanol–water partition coefficient (Wildman–Crippen LogP) is 22.2. The summed E-state index contributed by atoms with van der Waals surface area (Å²) in [6.07, 6.45) is 81.8. The molecular weight excluding hydrogens is 1300 g/mol. The molecule has 1 amide bonds. The van der Waals surface area contributed by atoms with Crippen LogP contribution in [0.3, 0.4) is 0 Å². The van der Waals surface area contributed by atoms with Gasteiger partial charge in [0.15, 0.2) is 12.6 Å². The third-order valence-electron chi connectivity index (χ3n) is 22.6. The van der Waals surface area contributed by atoms with Crippen LogP contribution in [0.2, 0.25) is 0 Å². The highest BCUT2D eigenvalue weighted by atomic mass is 16.7. The number of carbonyl (C=O) groups is 1. The van der Waals surface area contributed by atoms with Crippen molar-refractivity contribution in [2.24, 2.45) is 0 Å². The maximum absolute atomic E-state index is 13.4. The fourth-order valence-electron chi connectivity index (χ4n) is 15.5. The van der Waals surface area contributed by atoms with E-state index in [0.717, 1.165) is 32.1 Å². The zero-order valence-electron chi connectivity index (χ0n) is 68.1. The molecule has 2 heterocycles. The highest BCUT2D eigenvalue weighted by Gasteiger charge is 2.51. The Balaban J connectivity index is 1.57. The van der Waals surface area contributed by atoms with Crippen LogP contribution >= 0.6 is 0 Å². The predicted molar refractivity (Wildman–Crippen MR) is 434 cm³/mol. The van der Waals surface area contributed by atoms with E-state index in [1.807, 2.05) is 6.08 Å². The highest BCUT2D eigenvalue weighted by Crippen LogP contribution is 2.31. The molecule has 0 aromatic carbocycles. The van der Waals surface area contributed by atoms with Gasteiger partial charge >= 0.3 is 0 Å². The van der Waals surface area contributed by atoms with Crippen LogP contribution in [0.1, 0.15) is 450 Å². The maximum Gasteiger partial charge on any atom is 0.220 e. The second-order valence-electron chi connectivity index (χ2n) is 32.4. The summed E-state index contributed by atoms with van der Waals surface area (Å²) in [5, 5.41) is 87.8. The topological polar surface area (TPSA) is 228 Å². The SMILES string of the molecule is CCCCCCCCCCCCCCCCCCCCCCCCCCCCC/C=C/CC/C=C/C(O)C(COC1OC(CO)C(OC2OC(CO)C(O)C(O)C2O)C(O)C1O)NC(=O)CCCCCCCCCCCCCCCCCCCCCCCCCCCCCCCCCCCCCCC. The van der Waals surface area contributed by atoms with Crippen molar-refractivity contribution in [2.75, 3.05) is 19.8 Å². The van der Waals surface area contributed by atoms with Crippen LogP contribution in [0.4, 0.5) is 0 Å². The first-order chi connectivity index (χ1) is 51.1. The van der Waals surface area contributed by atoms with Crippen molar-refractivity contribution in [3.8, 4) is 0 Å². The Morgan fingerprint density at radius 3 is 0.942 bits per heavy atom. The molecule has 2 aliphatic heterocycles. The van der Waals surface area contributed by atoms with Gasteiger partial charge in [0.2, 0.25) is 5.91 Å². The molecule has 616 valence electrons. The molecule has 0 aliphatic carbocycles. The quantitative estimate of drug-likeness (QED) is 0.0204. The molecule has 12 unspecified atom stereocenters. The Hall–Kier alpha value is -1.53. The van der Waals surface area contributed by atoms with Crippen LogP contribution in [0.25, 0.3) is 0 Å². The third kappa shape index (κ3) is 55.8. The first-order valence-corrected chi connectivity index (χ1v) is 45.6. The monoisotopic (exact) mass is 1480 g/mol. The van der Waals surface area contributed by atoms with Gasteiger partial charge in [-0.2, -0.15) is 0 Å². The minimum atomic E-state index is -1.79. The molecule has 2 saturated heterocycles. The summed E-state index contributed by atoms with van der Waals surface area (Å²) in [5.74, 6) is -0.238. The molecule has 104 heavy (non-hydrogen) atoms. The summed E-state index contributed by atoms with van der Waals surface area (Å²) in [6.45, 7) is 2.87. The number of carbonyl (C=O) groups excluding carboxylic acids is 1. The summed E-state index contributed by atoms with van der Waals surface area (Å²) in [6, 6.07) is -0.931. The fraction of sp³-hybridized carbons (Fsp3) is 0.944. The van der Waals surface area contributed by atoms with Crippen molar-refractivity contribution in [2.45, 2.75) is 524 Å². The fourth-order valence-corrected chi connectivity index (χ4v) is 15.5. The van der Waals surface area contributed by atoms with Crippen LogP contribution < -0.4 is 5.32 Å². The number of hydrogen-bond acceptors (Lipinski definition) is 13. The minimum absolute atomic E-state index is 0.238. The van der Waals surface area contributed by atoms with E-state index in [2.05, 4.69) is 31.3 Å². The van der Waals surface area contributed by atoms with Gasteiger partial charge in [-0.1, -0.05) is 436 Å². The summed E-state index contributed by atoms with van der Waals surface area (Å²) >= 11 is 0. The van der Waals surface area contributed by atoms with Crippen molar-refractivity contribution in [1.82, 2.24) is 5.32 Å². The smallest absolute Gasteiger partial charge is 0.220 e. The zero-order chi connectivity index (χ0) is 75.1. The minimum Gasteiger partial charge on any atom is -0.394 e. The van der Waals surface area contributed by atoms with E-state index in [-0.39, 0.29) is 18.9 Å². The number of nitrogens with one attached hydrogen (secondary N) is 1. The highest BCUT2D eigenvalue weighted by molar-refractivity contribution is 5.76. The molecule has 2 aliphatic rings. The lowest BCUT2D eigenvalue weighted by Crippen LogP contribution is -2.65. The van der Waals surface area contributed by atoms with E-state index in [1.165, 1.54) is 385 Å². The van der Waals surface area contributed by atoms with Gasteiger partial charge in [0.05, 0.1) is 32.0 Å². The van der Waals surface area contributed by atoms with Crippen molar-refractivity contribution < 1.29 is 64.6 Å². The third-order valence-corrected chi connectivity index (χ3v) is 22.6. The number of hydrogen-bond donors (Lipinski definition) is 9. The van der Waals surface area contributed by atoms with Crippen LogP contribution in [0.5, 0.6) is 0 Å². The van der Waals surface area contributed by atoms with E-state index in [9.17, 15) is 45.6 Å². The maximum atomic E-state index is 13.4. The van der Waals surface area contributed by atoms with Crippen LogP contribution in [0.15, 0.2) is 24.3 Å². The molecule has 14 heteroatoms. The molecule has 0 saturated carbocycles. The first kappa shape index (κ1) is 98.5. The Bertz CT molecular complexity index is 1840. The van der Waals surface area contributed by atoms with Gasteiger partial charge in [0, 0.05) is 6.42 Å². The standard InChI is InChI=1S/C90H173NO13/c1-3-5-7-9-11-13-15-17-19-21-23-25-27-29-31-33-35-37-38-39-40-42-44-46-48-50-52-54-56-58-60-62-64-66-68-70-72-74-82(95)91-78(77-101-89-87(100)85(98)88(81(76-93)103-89)104-90-86(99)84(97)83(96)80(75-92)102-90)79(94)73-71-69-67-65-63-61-59-57-55-53-51-49-47-45-43-41-36-34-32-30-28-26-24-22-20-18-16-14-12-10-8-6-4-2/h63,65,71,73,78-81,83-90,92-94,96-100H,3-62,64,66-70,72,74-77H2,1-2H3,(H,91,95)/b65-63+,73-71+. The molecule has 0 radical (unpaired) electrons. The Labute approximate surface area is 640 Å². The number of aliphatic hydroxyl groups is 8. The van der Waals surface area contributed by atoms with Gasteiger partial charge in [-0.25, -0.2) is 0 Å². The molecule has 2 fully saturated rings. The van der Waals surface area contributed by atoms with Gasteiger partial charge in [-0.05, 0) is 32.1 Å². The number of unbranched alkanes of at least 4 members (excludes halogenated alkanes) is 64. The van der Waals surface area contributed by atoms with Crippen molar-refractivity contribution >= 4 is 5.91 Å². The molecule has 0 aromatic heterocycles. The molecular formula is C90H173NO13. The largest absolute Gasteiger partial charge is 0.394 e. The Morgan fingerprint density at radius 2 is 0.615 bits per heavy atom. The summed E-state index contributed by atoms with van der Waals surface area (Å²) < 4.78 is 23.0. The van der Waals surface area contributed by atoms with Crippen molar-refractivity contribution in [1.29, 1.82) is 0 Å². The number of aliphatic hydroxyl groups excluding tert-OH is 8. The summed E-state index contributed by atoms with van der Waals surface area (Å²) in [5.41, 5.74) is 0. The summed E-state index contributed by atoms with van der Waals surface area (Å²) in [7, 11) is 0. The molecule has 9 N–H and O–H groups in total. The van der Waals surface area contributed by atoms with Gasteiger partial charge in [0.1, 0.15) is 48.8 Å². The molecule has 14 nitrogen and oxygen atoms in total. The Morgan fingerprint density at radius 1 is 0.337 bits per heavy atom. The molecule has 0 aromatic rings. The van der Waals surface area contributed by atoms with E-state index < -0.39 is 86.8 Å². The normalized spacial score (nSPS) is 21.5. The van der Waals surface area contributed by atoms with Gasteiger partial charge in [0.25, 0.3) is 0 Å². The van der Waals surface area contributed by atoms with E-state index in [1.54, 1.807) is 6.08 Å². The molecule has 0 bridgehead atoms. The number of rotatable bonds is 79. The second-order valence-corrected chi connectivity index (χ2v) is 32.4. The van der Waals surface area contributed by atoms with Crippen molar-refractivity contribution in [3.05, 3.63) is 24.3 Å². The zero-order valence-corrected chi connectivity index (χ0v) is 68.1. The lowest BCUT2D eigenvalue weighted by Gasteiger charge is -2.46. The molecule has 0 spiro atoms.